The molecule has 0 aliphatic carbocycles. The zero-order chi connectivity index (χ0) is 12.4. The Labute approximate surface area is 98.5 Å². The lowest BCUT2D eigenvalue weighted by molar-refractivity contribution is -0.384. The van der Waals surface area contributed by atoms with Gasteiger partial charge in [0.15, 0.2) is 0 Å². The average Bonchev–Trinajstić information content (AvgIpc) is 2.33. The van der Waals surface area contributed by atoms with E-state index in [9.17, 15) is 14.9 Å². The van der Waals surface area contributed by atoms with Gasteiger partial charge in [0.1, 0.15) is 0 Å². The van der Waals surface area contributed by atoms with E-state index in [1.165, 1.54) is 12.1 Å². The van der Waals surface area contributed by atoms with E-state index in [0.29, 0.717) is 6.54 Å². The molecular formula is C12H12N2O3. The molecule has 0 radical (unpaired) electrons. The second kappa shape index (κ2) is 4.37. The molecule has 0 spiro atoms. The highest BCUT2D eigenvalue weighted by atomic mass is 16.6. The van der Waals surface area contributed by atoms with Crippen LogP contribution in [-0.4, -0.2) is 29.3 Å². The summed E-state index contributed by atoms with van der Waals surface area (Å²) in [6.07, 6.45) is 2.37. The predicted molar refractivity (Wildman–Crippen MR) is 63.3 cm³/mol. The van der Waals surface area contributed by atoms with Crippen LogP contribution in [-0.2, 0) is 4.79 Å². The average molecular weight is 232 g/mol. The molecule has 0 N–H and O–H groups in total. The number of rotatable bonds is 2. The Hall–Kier alpha value is -2.17. The zero-order valence-electron chi connectivity index (χ0n) is 9.42. The van der Waals surface area contributed by atoms with Crippen molar-refractivity contribution in [3.63, 3.8) is 0 Å². The summed E-state index contributed by atoms with van der Waals surface area (Å²) in [7, 11) is 1.76. The molecule has 17 heavy (non-hydrogen) atoms. The number of non-ortho nitro benzene ring substituents is 1. The van der Waals surface area contributed by atoms with Gasteiger partial charge in [0.05, 0.1) is 4.92 Å². The van der Waals surface area contributed by atoms with E-state index in [4.69, 9.17) is 0 Å². The van der Waals surface area contributed by atoms with Crippen LogP contribution in [0.25, 0.3) is 5.57 Å². The van der Waals surface area contributed by atoms with Crippen molar-refractivity contribution in [3.05, 3.63) is 46.0 Å². The first-order chi connectivity index (χ1) is 8.08. The van der Waals surface area contributed by atoms with Crippen LogP contribution in [0.1, 0.15) is 12.0 Å². The van der Waals surface area contributed by atoms with Crippen molar-refractivity contribution in [1.29, 1.82) is 0 Å². The summed E-state index contributed by atoms with van der Waals surface area (Å²) in [6, 6.07) is 6.28. The van der Waals surface area contributed by atoms with Gasteiger partial charge in [0.25, 0.3) is 5.69 Å². The molecule has 2 rings (SSSR count). The molecule has 1 heterocycles. The number of nitro groups is 1. The standard InChI is InChI=1S/C12H12N2O3/c1-13-7-6-10(8-12(13)15)9-2-4-11(5-3-9)14(16)17/h2-5,8H,6-7H2,1H3. The highest BCUT2D eigenvalue weighted by molar-refractivity contribution is 5.96. The fourth-order valence-electron chi connectivity index (χ4n) is 1.75. The van der Waals surface area contributed by atoms with Gasteiger partial charge in [0, 0.05) is 31.8 Å². The number of amides is 1. The minimum atomic E-state index is -0.433. The highest BCUT2D eigenvalue weighted by Gasteiger charge is 2.16. The molecule has 1 aromatic carbocycles. The van der Waals surface area contributed by atoms with Crippen LogP contribution >= 0.6 is 0 Å². The van der Waals surface area contributed by atoms with Crippen molar-refractivity contribution in [1.82, 2.24) is 4.90 Å². The molecule has 5 heteroatoms. The maximum atomic E-state index is 11.5. The van der Waals surface area contributed by atoms with Crippen LogP contribution in [0.2, 0.25) is 0 Å². The molecular weight excluding hydrogens is 220 g/mol. The summed E-state index contributed by atoms with van der Waals surface area (Å²) < 4.78 is 0. The number of carbonyl (C=O) groups excluding carboxylic acids is 1. The van der Waals surface area contributed by atoms with Crippen LogP contribution in [0, 0.1) is 10.1 Å². The van der Waals surface area contributed by atoms with Crippen molar-refractivity contribution in [2.45, 2.75) is 6.42 Å². The van der Waals surface area contributed by atoms with Gasteiger partial charge >= 0.3 is 0 Å². The molecule has 1 aliphatic rings. The van der Waals surface area contributed by atoms with Crippen molar-refractivity contribution in [2.24, 2.45) is 0 Å². The highest BCUT2D eigenvalue weighted by Crippen LogP contribution is 2.24. The Morgan fingerprint density at radius 3 is 2.47 bits per heavy atom. The molecule has 5 nitrogen and oxygen atoms in total. The Bertz CT molecular complexity index is 491. The molecule has 0 atom stereocenters. The van der Waals surface area contributed by atoms with Crippen LogP contribution in [0.15, 0.2) is 30.3 Å². The van der Waals surface area contributed by atoms with Gasteiger partial charge in [-0.15, -0.1) is 0 Å². The van der Waals surface area contributed by atoms with Crippen LogP contribution in [0.5, 0.6) is 0 Å². The Balaban J connectivity index is 2.26. The van der Waals surface area contributed by atoms with Gasteiger partial charge < -0.3 is 4.90 Å². The van der Waals surface area contributed by atoms with Gasteiger partial charge in [-0.3, -0.25) is 14.9 Å². The molecule has 1 aromatic rings. The zero-order valence-corrected chi connectivity index (χ0v) is 9.42. The van der Waals surface area contributed by atoms with Crippen molar-refractivity contribution in [3.8, 4) is 0 Å². The first-order valence-corrected chi connectivity index (χ1v) is 5.28. The van der Waals surface area contributed by atoms with E-state index in [2.05, 4.69) is 0 Å². The molecule has 0 bridgehead atoms. The van der Waals surface area contributed by atoms with Gasteiger partial charge in [0.2, 0.25) is 5.91 Å². The maximum absolute atomic E-state index is 11.5. The third kappa shape index (κ3) is 2.33. The second-order valence-electron chi connectivity index (χ2n) is 3.98. The van der Waals surface area contributed by atoms with E-state index < -0.39 is 4.92 Å². The van der Waals surface area contributed by atoms with E-state index in [0.717, 1.165) is 17.6 Å². The minimum Gasteiger partial charge on any atom is -0.342 e. The summed E-state index contributed by atoms with van der Waals surface area (Å²) in [4.78, 5) is 23.2. The van der Waals surface area contributed by atoms with Crippen molar-refractivity contribution in [2.75, 3.05) is 13.6 Å². The smallest absolute Gasteiger partial charge is 0.269 e. The number of benzene rings is 1. The Morgan fingerprint density at radius 1 is 1.29 bits per heavy atom. The molecule has 0 saturated carbocycles. The number of hydrogen-bond acceptors (Lipinski definition) is 3. The topological polar surface area (TPSA) is 63.4 Å². The monoisotopic (exact) mass is 232 g/mol. The largest absolute Gasteiger partial charge is 0.342 e. The number of nitrogens with zero attached hydrogens (tertiary/aromatic N) is 2. The quantitative estimate of drug-likeness (QED) is 0.577. The van der Waals surface area contributed by atoms with E-state index in [1.807, 2.05) is 0 Å². The lowest BCUT2D eigenvalue weighted by atomic mass is 9.99. The van der Waals surface area contributed by atoms with Gasteiger partial charge in [-0.05, 0) is 29.7 Å². The Morgan fingerprint density at radius 2 is 1.94 bits per heavy atom. The lowest BCUT2D eigenvalue weighted by Gasteiger charge is -2.22. The number of likely N-dealkylation sites (N-methyl/N-ethyl adjacent to an activating group) is 1. The molecule has 0 fully saturated rings. The SMILES string of the molecule is CN1CCC(c2ccc([N+](=O)[O-])cc2)=CC1=O. The van der Waals surface area contributed by atoms with Crippen LogP contribution < -0.4 is 0 Å². The fraction of sp³-hybridized carbons (Fsp3) is 0.250. The first-order valence-electron chi connectivity index (χ1n) is 5.28. The third-order valence-corrected chi connectivity index (χ3v) is 2.84. The lowest BCUT2D eigenvalue weighted by Crippen LogP contribution is -2.29. The summed E-state index contributed by atoms with van der Waals surface area (Å²) in [5.41, 5.74) is 1.87. The third-order valence-electron chi connectivity index (χ3n) is 2.84. The molecule has 0 unspecified atom stereocenters. The summed E-state index contributed by atoms with van der Waals surface area (Å²) in [5.74, 6) is -0.0235. The van der Waals surface area contributed by atoms with E-state index >= 15 is 0 Å². The molecule has 1 aliphatic heterocycles. The Kier molecular flexibility index (Phi) is 2.91. The molecule has 0 aromatic heterocycles. The summed E-state index contributed by atoms with van der Waals surface area (Å²) in [6.45, 7) is 0.682. The van der Waals surface area contributed by atoms with Gasteiger partial charge in [-0.2, -0.15) is 0 Å². The number of hydrogen-bond donors (Lipinski definition) is 0. The van der Waals surface area contributed by atoms with Gasteiger partial charge in [-0.25, -0.2) is 0 Å². The van der Waals surface area contributed by atoms with Crippen molar-refractivity contribution >= 4 is 17.2 Å². The van der Waals surface area contributed by atoms with Crippen molar-refractivity contribution < 1.29 is 9.72 Å². The van der Waals surface area contributed by atoms with Gasteiger partial charge in [-0.1, -0.05) is 0 Å². The molecule has 88 valence electrons. The first kappa shape index (κ1) is 11.3. The van der Waals surface area contributed by atoms with Crippen LogP contribution in [0.4, 0.5) is 5.69 Å². The predicted octanol–water partition coefficient (Wildman–Crippen LogP) is 1.84. The van der Waals surface area contributed by atoms with E-state index in [1.54, 1.807) is 30.2 Å². The summed E-state index contributed by atoms with van der Waals surface area (Å²) in [5, 5.41) is 10.5. The van der Waals surface area contributed by atoms with Crippen LogP contribution in [0.3, 0.4) is 0 Å². The maximum Gasteiger partial charge on any atom is 0.269 e. The normalized spacial score (nSPS) is 15.7. The fourth-order valence-corrected chi connectivity index (χ4v) is 1.75. The second-order valence-corrected chi connectivity index (χ2v) is 3.98. The molecule has 0 saturated heterocycles. The minimum absolute atomic E-state index is 0.0235. The van der Waals surface area contributed by atoms with E-state index in [-0.39, 0.29) is 11.6 Å². The number of carbonyl (C=O) groups is 1. The number of nitro benzene ring substituents is 1. The summed E-state index contributed by atoms with van der Waals surface area (Å²) >= 11 is 0. The molecule has 1 amide bonds.